The number of amides is 1. The third-order valence-electron chi connectivity index (χ3n) is 9.16. The van der Waals surface area contributed by atoms with Crippen molar-refractivity contribution < 1.29 is 30.4 Å². The summed E-state index contributed by atoms with van der Waals surface area (Å²) in [6, 6.07) is 10.9. The van der Waals surface area contributed by atoms with Gasteiger partial charge in [0, 0.05) is 47.3 Å². The lowest BCUT2D eigenvalue weighted by Gasteiger charge is -2.44. The molecule has 0 bridgehead atoms. The van der Waals surface area contributed by atoms with Crippen molar-refractivity contribution in [2.45, 2.75) is 80.1 Å². The number of sulfonamides is 2. The Morgan fingerprint density at radius 1 is 0.925 bits per heavy atom. The second-order valence-electron chi connectivity index (χ2n) is 12.7. The number of anilines is 2. The lowest BCUT2D eigenvalue weighted by atomic mass is 9.66. The van der Waals surface area contributed by atoms with Gasteiger partial charge in [0.05, 0.1) is 11.2 Å². The van der Waals surface area contributed by atoms with Crippen LogP contribution in [0, 0.1) is 5.41 Å². The molecule has 0 radical (unpaired) electrons. The van der Waals surface area contributed by atoms with Gasteiger partial charge in [-0.1, -0.05) is 6.07 Å². The Bertz CT molecular complexity index is 1600. The average Bonchev–Trinajstić information content (AvgIpc) is 3.53. The third kappa shape index (κ3) is 5.02. The number of hydrogen-bond acceptors (Lipinski definition) is 5. The maximum atomic E-state index is 13.9. The van der Waals surface area contributed by atoms with E-state index in [4.69, 9.17) is 0 Å². The van der Waals surface area contributed by atoms with E-state index < -0.39 is 44.3 Å². The van der Waals surface area contributed by atoms with Gasteiger partial charge in [-0.2, -0.15) is 0 Å². The molecule has 216 valence electrons. The number of alkyl halides is 2. The van der Waals surface area contributed by atoms with E-state index >= 15 is 0 Å². The minimum Gasteiger partial charge on any atom is -0.307 e. The molecule has 1 aliphatic heterocycles. The molecule has 12 heteroatoms. The Labute approximate surface area is 233 Å². The third-order valence-corrected chi connectivity index (χ3v) is 11.4. The molecule has 0 aromatic heterocycles. The molecule has 1 heterocycles. The van der Waals surface area contributed by atoms with Crippen LogP contribution in [-0.2, 0) is 25.5 Å². The molecule has 2 aromatic carbocycles. The number of fused-ring (bicyclic) bond motifs is 2. The van der Waals surface area contributed by atoms with Crippen LogP contribution >= 0.6 is 0 Å². The van der Waals surface area contributed by atoms with Gasteiger partial charge in [0.1, 0.15) is 0 Å². The van der Waals surface area contributed by atoms with Gasteiger partial charge in [0.15, 0.2) is 0 Å². The van der Waals surface area contributed by atoms with Crippen LogP contribution in [0.15, 0.2) is 47.4 Å². The maximum Gasteiger partial charge on any atom is 0.258 e. The molecule has 0 atom stereocenters. The van der Waals surface area contributed by atoms with Crippen molar-refractivity contribution >= 4 is 37.3 Å². The number of rotatable bonds is 6. The monoisotopic (exact) mass is 593 g/mol. The van der Waals surface area contributed by atoms with Gasteiger partial charge in [-0.05, 0) is 92.8 Å². The van der Waals surface area contributed by atoms with E-state index in [2.05, 4.69) is 9.44 Å². The normalized spacial score (nSPS) is 23.4. The zero-order valence-corrected chi connectivity index (χ0v) is 24.1. The molecule has 1 amide bonds. The lowest BCUT2D eigenvalue weighted by molar-refractivity contribution is -0.121. The number of benzene rings is 2. The van der Waals surface area contributed by atoms with Gasteiger partial charge in [-0.25, -0.2) is 30.3 Å². The van der Waals surface area contributed by atoms with Gasteiger partial charge in [-0.3, -0.25) is 9.52 Å². The lowest BCUT2D eigenvalue weighted by Crippen LogP contribution is -2.60. The summed E-state index contributed by atoms with van der Waals surface area (Å²) in [6.45, 7) is 1.86. The van der Waals surface area contributed by atoms with Gasteiger partial charge >= 0.3 is 0 Å². The number of nitrogens with one attached hydrogen (secondary N) is 2. The molecule has 40 heavy (non-hydrogen) atoms. The highest BCUT2D eigenvalue weighted by Crippen LogP contribution is 2.62. The number of hydrogen-bond donors (Lipinski definition) is 2. The first kappa shape index (κ1) is 27.6. The van der Waals surface area contributed by atoms with Crippen molar-refractivity contribution in [3.63, 3.8) is 0 Å². The van der Waals surface area contributed by atoms with Crippen LogP contribution in [0.4, 0.5) is 20.2 Å². The Balaban J connectivity index is 1.30. The first-order valence-electron chi connectivity index (χ1n) is 13.5. The molecule has 6 rings (SSSR count). The van der Waals surface area contributed by atoms with Gasteiger partial charge in [0.2, 0.25) is 20.0 Å². The summed E-state index contributed by atoms with van der Waals surface area (Å²) in [5.41, 5.74) is 1.06. The molecule has 8 nitrogen and oxygen atoms in total. The van der Waals surface area contributed by atoms with E-state index in [0.29, 0.717) is 23.3 Å². The van der Waals surface area contributed by atoms with Gasteiger partial charge < -0.3 is 4.90 Å². The zero-order valence-electron chi connectivity index (χ0n) is 22.5. The fraction of sp³-hybridized carbons (Fsp3) is 0.536. The molecule has 2 spiro atoms. The first-order valence-corrected chi connectivity index (χ1v) is 16.9. The van der Waals surface area contributed by atoms with Crippen LogP contribution < -0.4 is 14.3 Å². The summed E-state index contributed by atoms with van der Waals surface area (Å²) in [7, 11) is -7.63. The highest BCUT2D eigenvalue weighted by Gasteiger charge is 2.56. The summed E-state index contributed by atoms with van der Waals surface area (Å²) in [5, 5.41) is 0. The van der Waals surface area contributed by atoms with Crippen molar-refractivity contribution in [1.29, 1.82) is 0 Å². The SMILES string of the molecule is CC1(NS(=O)(=O)c2cccc(C(=O)N3CC4(CCC5(CC5)CC4)c4cc(NS(C)(=O)=O)ccc43)c2)CC(F)(F)C1. The van der Waals surface area contributed by atoms with Crippen molar-refractivity contribution in [2.24, 2.45) is 5.41 Å². The minimum absolute atomic E-state index is 0.162. The number of nitrogens with zero attached hydrogens (tertiary/aromatic N) is 1. The molecule has 3 aliphatic carbocycles. The smallest absolute Gasteiger partial charge is 0.258 e. The van der Waals surface area contributed by atoms with Crippen molar-refractivity contribution in [3.8, 4) is 0 Å². The molecule has 3 fully saturated rings. The fourth-order valence-corrected chi connectivity index (χ4v) is 8.99. The molecular weight excluding hydrogens is 560 g/mol. The highest BCUT2D eigenvalue weighted by molar-refractivity contribution is 7.92. The summed E-state index contributed by atoms with van der Waals surface area (Å²) in [4.78, 5) is 15.4. The number of carbonyl (C=O) groups is 1. The van der Waals surface area contributed by atoms with E-state index in [0.717, 1.165) is 37.5 Å². The van der Waals surface area contributed by atoms with Crippen molar-refractivity contribution in [1.82, 2.24) is 4.72 Å². The topological polar surface area (TPSA) is 113 Å². The van der Waals surface area contributed by atoms with E-state index in [1.807, 2.05) is 6.07 Å². The Hall–Kier alpha value is -2.57. The molecule has 3 saturated carbocycles. The van der Waals surface area contributed by atoms with E-state index in [9.17, 15) is 30.4 Å². The number of halogens is 2. The molecule has 2 aromatic rings. The molecule has 4 aliphatic rings. The predicted octanol–water partition coefficient (Wildman–Crippen LogP) is 4.78. The summed E-state index contributed by atoms with van der Waals surface area (Å²) in [5.74, 6) is -3.27. The Morgan fingerprint density at radius 2 is 1.57 bits per heavy atom. The first-order chi connectivity index (χ1) is 18.5. The van der Waals surface area contributed by atoms with Crippen molar-refractivity contribution in [2.75, 3.05) is 22.4 Å². The van der Waals surface area contributed by atoms with E-state index in [1.165, 1.54) is 38.0 Å². The quantitative estimate of drug-likeness (QED) is 0.501. The summed E-state index contributed by atoms with van der Waals surface area (Å²) in [6.07, 6.45) is 6.24. The number of carbonyl (C=O) groups excluding carboxylic acids is 1. The Morgan fingerprint density at radius 3 is 2.17 bits per heavy atom. The van der Waals surface area contributed by atoms with Crippen LogP contribution in [-0.4, -0.2) is 47.0 Å². The highest BCUT2D eigenvalue weighted by atomic mass is 32.2. The average molecular weight is 594 g/mol. The Kier molecular flexibility index (Phi) is 6.01. The van der Waals surface area contributed by atoms with E-state index in [1.54, 1.807) is 23.1 Å². The van der Waals surface area contributed by atoms with Gasteiger partial charge in [-0.15, -0.1) is 0 Å². The molecular formula is C28H33F2N3O5S2. The second-order valence-corrected chi connectivity index (χ2v) is 16.1. The molecule has 0 saturated heterocycles. The maximum absolute atomic E-state index is 13.9. The minimum atomic E-state index is -4.14. The van der Waals surface area contributed by atoms with Crippen LogP contribution in [0.3, 0.4) is 0 Å². The second kappa shape index (κ2) is 8.72. The van der Waals surface area contributed by atoms with Gasteiger partial charge in [0.25, 0.3) is 11.8 Å². The summed E-state index contributed by atoms with van der Waals surface area (Å²) < 4.78 is 81.8. The van der Waals surface area contributed by atoms with Crippen LogP contribution in [0.5, 0.6) is 0 Å². The summed E-state index contributed by atoms with van der Waals surface area (Å²) >= 11 is 0. The van der Waals surface area contributed by atoms with Crippen LogP contribution in [0.2, 0.25) is 0 Å². The van der Waals surface area contributed by atoms with Crippen molar-refractivity contribution in [3.05, 3.63) is 53.6 Å². The molecule has 0 unspecified atom stereocenters. The van der Waals surface area contributed by atoms with Crippen LogP contribution in [0.25, 0.3) is 0 Å². The fourth-order valence-electron chi connectivity index (χ4n) is 6.99. The zero-order chi connectivity index (χ0) is 28.8. The standard InChI is InChI=1S/C28H33F2N3O5S2/c1-25(16-28(29,30)17-25)32-40(37,38)21-5-3-4-19(14-21)24(34)33-18-27(12-10-26(8-9-26)11-13-27)22-15-20(6-7-23(22)33)31-39(2,35)36/h3-7,14-15,31-32H,8-13,16-18H2,1-2H3. The molecule has 2 N–H and O–H groups in total. The van der Waals surface area contributed by atoms with E-state index in [-0.39, 0.29) is 21.8 Å². The largest absolute Gasteiger partial charge is 0.307 e. The predicted molar refractivity (Wildman–Crippen MR) is 148 cm³/mol. The van der Waals surface area contributed by atoms with Crippen LogP contribution in [0.1, 0.15) is 74.2 Å².